The number of likely N-dealkylation sites (tertiary alicyclic amines) is 1. The Balaban J connectivity index is 2.17. The van der Waals surface area contributed by atoms with Gasteiger partial charge in [0.25, 0.3) is 5.91 Å². The fourth-order valence-electron chi connectivity index (χ4n) is 2.62. The molecule has 0 bridgehead atoms. The number of nitrogens with zero attached hydrogens (tertiary/aromatic N) is 1. The van der Waals surface area contributed by atoms with E-state index in [1.165, 1.54) is 11.3 Å². The molecule has 1 aromatic heterocycles. The van der Waals surface area contributed by atoms with E-state index in [9.17, 15) is 14.7 Å². The average molecular weight is 281 g/mol. The highest BCUT2D eigenvalue weighted by atomic mass is 32.1. The van der Waals surface area contributed by atoms with Crippen molar-refractivity contribution in [2.75, 3.05) is 13.1 Å². The lowest BCUT2D eigenvalue weighted by molar-refractivity contribution is -0.152. The largest absolute Gasteiger partial charge is 0.481 e. The molecule has 1 aliphatic rings. The van der Waals surface area contributed by atoms with Crippen LogP contribution >= 0.6 is 11.3 Å². The molecule has 19 heavy (non-hydrogen) atoms. The lowest BCUT2D eigenvalue weighted by Gasteiger charge is -2.39. The quantitative estimate of drug-likeness (QED) is 0.926. The number of aryl methyl sites for hydroxylation is 1. The number of rotatable bonds is 3. The van der Waals surface area contributed by atoms with E-state index < -0.39 is 11.4 Å². The van der Waals surface area contributed by atoms with Gasteiger partial charge in [-0.25, -0.2) is 0 Å². The summed E-state index contributed by atoms with van der Waals surface area (Å²) in [6.07, 6.45) is 1.98. The lowest BCUT2D eigenvalue weighted by atomic mass is 9.77. The molecular weight excluding hydrogens is 262 g/mol. The fraction of sp³-hybridized carbons (Fsp3) is 0.571. The first-order valence-electron chi connectivity index (χ1n) is 6.57. The normalized spacial score (nSPS) is 23.4. The fourth-order valence-corrected chi connectivity index (χ4v) is 3.46. The molecule has 1 amide bonds. The topological polar surface area (TPSA) is 57.6 Å². The van der Waals surface area contributed by atoms with Gasteiger partial charge in [-0.15, -0.1) is 11.3 Å². The van der Waals surface area contributed by atoms with Crippen LogP contribution in [0.3, 0.4) is 0 Å². The first-order chi connectivity index (χ1) is 8.98. The van der Waals surface area contributed by atoms with Crippen molar-refractivity contribution in [1.82, 2.24) is 4.90 Å². The summed E-state index contributed by atoms with van der Waals surface area (Å²) < 4.78 is 0. The molecule has 0 spiro atoms. The standard InChI is InChI=1S/C14H19NO3S/c1-3-14(13(17)18)7-4-8-15(9-14)12(16)11-6-5-10(2)19-11/h5-6H,3-4,7-9H2,1-2H3,(H,17,18). The minimum Gasteiger partial charge on any atom is -0.481 e. The van der Waals surface area contributed by atoms with Crippen molar-refractivity contribution < 1.29 is 14.7 Å². The maximum atomic E-state index is 12.4. The summed E-state index contributed by atoms with van der Waals surface area (Å²) in [6, 6.07) is 3.75. The predicted molar refractivity (Wildman–Crippen MR) is 74.6 cm³/mol. The maximum Gasteiger partial charge on any atom is 0.311 e. The molecule has 1 aromatic rings. The summed E-state index contributed by atoms with van der Waals surface area (Å²) in [4.78, 5) is 27.4. The van der Waals surface area contributed by atoms with E-state index in [1.807, 2.05) is 26.0 Å². The van der Waals surface area contributed by atoms with Gasteiger partial charge in [-0.1, -0.05) is 6.92 Å². The van der Waals surface area contributed by atoms with Crippen LogP contribution in [0.15, 0.2) is 12.1 Å². The van der Waals surface area contributed by atoms with Crippen LogP contribution in [0.4, 0.5) is 0 Å². The Morgan fingerprint density at radius 2 is 2.21 bits per heavy atom. The minimum absolute atomic E-state index is 0.0307. The van der Waals surface area contributed by atoms with Gasteiger partial charge in [-0.2, -0.15) is 0 Å². The Kier molecular flexibility index (Phi) is 3.94. The van der Waals surface area contributed by atoms with Gasteiger partial charge >= 0.3 is 5.97 Å². The smallest absolute Gasteiger partial charge is 0.311 e. The van der Waals surface area contributed by atoms with Gasteiger partial charge in [0.1, 0.15) is 0 Å². The zero-order valence-electron chi connectivity index (χ0n) is 11.3. The Bertz CT molecular complexity index is 497. The third-order valence-corrected chi connectivity index (χ3v) is 4.93. The summed E-state index contributed by atoms with van der Waals surface area (Å²) in [7, 11) is 0. The van der Waals surface area contributed by atoms with Crippen LogP contribution in [0.5, 0.6) is 0 Å². The molecule has 1 N–H and O–H groups in total. The van der Waals surface area contributed by atoms with E-state index in [-0.39, 0.29) is 5.91 Å². The molecule has 1 saturated heterocycles. The zero-order chi connectivity index (χ0) is 14.0. The van der Waals surface area contributed by atoms with Gasteiger partial charge in [-0.3, -0.25) is 9.59 Å². The van der Waals surface area contributed by atoms with Crippen LogP contribution in [-0.4, -0.2) is 35.0 Å². The second kappa shape index (κ2) is 5.33. The molecule has 2 heterocycles. The molecule has 2 rings (SSSR count). The van der Waals surface area contributed by atoms with Crippen LogP contribution in [0.25, 0.3) is 0 Å². The molecule has 1 unspecified atom stereocenters. The third-order valence-electron chi connectivity index (χ3n) is 3.95. The Labute approximate surface area is 117 Å². The van der Waals surface area contributed by atoms with Crippen molar-refractivity contribution in [3.05, 3.63) is 21.9 Å². The van der Waals surface area contributed by atoms with E-state index in [0.29, 0.717) is 30.8 Å². The van der Waals surface area contributed by atoms with Crippen LogP contribution in [0.2, 0.25) is 0 Å². The molecule has 104 valence electrons. The molecule has 0 aromatic carbocycles. The third kappa shape index (κ3) is 2.66. The van der Waals surface area contributed by atoms with Gasteiger partial charge in [-0.05, 0) is 38.3 Å². The maximum absolute atomic E-state index is 12.4. The highest BCUT2D eigenvalue weighted by molar-refractivity contribution is 7.13. The summed E-state index contributed by atoms with van der Waals surface area (Å²) in [5.41, 5.74) is -0.764. The molecule has 1 aliphatic heterocycles. The van der Waals surface area contributed by atoms with E-state index in [2.05, 4.69) is 0 Å². The molecule has 1 atom stereocenters. The number of hydrogen-bond acceptors (Lipinski definition) is 3. The summed E-state index contributed by atoms with van der Waals surface area (Å²) in [6.45, 7) is 4.84. The van der Waals surface area contributed by atoms with Crippen molar-refractivity contribution in [2.45, 2.75) is 33.1 Å². The van der Waals surface area contributed by atoms with Crippen molar-refractivity contribution in [2.24, 2.45) is 5.41 Å². The predicted octanol–water partition coefficient (Wildman–Crippen LogP) is 2.77. The number of piperidine rings is 1. The molecule has 1 fully saturated rings. The number of aliphatic carboxylic acids is 1. The second-order valence-electron chi connectivity index (χ2n) is 5.18. The second-order valence-corrected chi connectivity index (χ2v) is 6.47. The van der Waals surface area contributed by atoms with Crippen molar-refractivity contribution in [1.29, 1.82) is 0 Å². The van der Waals surface area contributed by atoms with Gasteiger partial charge in [0.15, 0.2) is 0 Å². The van der Waals surface area contributed by atoms with Crippen LogP contribution in [0, 0.1) is 12.3 Å². The molecule has 0 radical (unpaired) electrons. The number of carbonyl (C=O) groups excluding carboxylic acids is 1. The van der Waals surface area contributed by atoms with E-state index in [4.69, 9.17) is 0 Å². The van der Waals surface area contributed by atoms with Gasteiger partial charge in [0.05, 0.1) is 10.3 Å². The average Bonchev–Trinajstić information content (AvgIpc) is 2.84. The van der Waals surface area contributed by atoms with Crippen molar-refractivity contribution in [3.63, 3.8) is 0 Å². The van der Waals surface area contributed by atoms with Crippen LogP contribution < -0.4 is 0 Å². The Hall–Kier alpha value is -1.36. The van der Waals surface area contributed by atoms with Gasteiger partial charge in [0.2, 0.25) is 0 Å². The highest BCUT2D eigenvalue weighted by Gasteiger charge is 2.42. The monoisotopic (exact) mass is 281 g/mol. The van der Waals surface area contributed by atoms with Gasteiger partial charge in [0, 0.05) is 18.0 Å². The first kappa shape index (κ1) is 14.1. The summed E-state index contributed by atoms with van der Waals surface area (Å²) >= 11 is 1.47. The minimum atomic E-state index is -0.783. The number of hydrogen-bond donors (Lipinski definition) is 1. The summed E-state index contributed by atoms with van der Waals surface area (Å²) in [5.74, 6) is -0.813. The lowest BCUT2D eigenvalue weighted by Crippen LogP contribution is -2.49. The highest BCUT2D eigenvalue weighted by Crippen LogP contribution is 2.34. The zero-order valence-corrected chi connectivity index (χ0v) is 12.1. The SMILES string of the molecule is CCC1(C(=O)O)CCCN(C(=O)c2ccc(C)s2)C1. The number of carboxylic acid groups (broad SMARTS) is 1. The molecule has 0 saturated carbocycles. The molecule has 0 aliphatic carbocycles. The van der Waals surface area contributed by atoms with E-state index >= 15 is 0 Å². The number of thiophene rings is 1. The number of amides is 1. The van der Waals surface area contributed by atoms with E-state index in [1.54, 1.807) is 4.90 Å². The number of carboxylic acids is 1. The van der Waals surface area contributed by atoms with E-state index in [0.717, 1.165) is 11.3 Å². The van der Waals surface area contributed by atoms with Crippen molar-refractivity contribution >= 4 is 23.2 Å². The first-order valence-corrected chi connectivity index (χ1v) is 7.39. The molecule has 4 nitrogen and oxygen atoms in total. The molecular formula is C14H19NO3S. The number of carbonyl (C=O) groups is 2. The van der Waals surface area contributed by atoms with Crippen LogP contribution in [-0.2, 0) is 4.79 Å². The Morgan fingerprint density at radius 1 is 1.47 bits per heavy atom. The van der Waals surface area contributed by atoms with Crippen LogP contribution in [0.1, 0.15) is 40.7 Å². The summed E-state index contributed by atoms with van der Waals surface area (Å²) in [5, 5.41) is 9.43. The van der Waals surface area contributed by atoms with Gasteiger partial charge < -0.3 is 10.0 Å². The Morgan fingerprint density at radius 3 is 2.74 bits per heavy atom. The molecule has 5 heteroatoms. The van der Waals surface area contributed by atoms with Crippen molar-refractivity contribution in [3.8, 4) is 0 Å².